The maximum absolute atomic E-state index is 14.2. The number of nitrogens with one attached hydrogen (secondary N) is 1. The molecule has 2 aliphatic heterocycles. The Kier molecular flexibility index (Phi) is 4.77. The van der Waals surface area contributed by atoms with Crippen LogP contribution in [0.4, 0.5) is 8.78 Å². The molecule has 1 saturated heterocycles. The summed E-state index contributed by atoms with van der Waals surface area (Å²) in [6, 6.07) is 5.83. The van der Waals surface area contributed by atoms with Crippen molar-refractivity contribution < 1.29 is 18.3 Å². The molecule has 2 aliphatic rings. The second kappa shape index (κ2) is 7.73. The highest BCUT2D eigenvalue weighted by Crippen LogP contribution is 2.32. The summed E-state index contributed by atoms with van der Waals surface area (Å²) >= 11 is 0. The van der Waals surface area contributed by atoms with E-state index in [1.54, 1.807) is 12.3 Å². The van der Waals surface area contributed by atoms with Crippen LogP contribution >= 0.6 is 0 Å². The fraction of sp³-hybridized carbons (Fsp3) is 0.320. The van der Waals surface area contributed by atoms with E-state index in [4.69, 9.17) is 4.74 Å². The maximum atomic E-state index is 14.2. The average Bonchev–Trinajstić information content (AvgIpc) is 3.49. The first-order valence-corrected chi connectivity index (χ1v) is 11.3. The summed E-state index contributed by atoms with van der Waals surface area (Å²) < 4.78 is 35.8. The zero-order valence-corrected chi connectivity index (χ0v) is 18.5. The number of H-pyrrole nitrogens is 1. The van der Waals surface area contributed by atoms with Gasteiger partial charge in [0.2, 0.25) is 0 Å². The number of amides is 1. The molecule has 174 valence electrons. The number of carbonyl (C=O) groups excluding carboxylic acids is 1. The molecule has 6 rings (SSSR count). The van der Waals surface area contributed by atoms with Gasteiger partial charge in [0.25, 0.3) is 11.5 Å². The van der Waals surface area contributed by atoms with Crippen LogP contribution in [-0.2, 0) is 17.8 Å². The lowest BCUT2D eigenvalue weighted by atomic mass is 10.0. The lowest BCUT2D eigenvalue weighted by Crippen LogP contribution is -2.26. The summed E-state index contributed by atoms with van der Waals surface area (Å²) in [5.41, 5.74) is 2.50. The van der Waals surface area contributed by atoms with E-state index in [0.29, 0.717) is 35.2 Å². The highest BCUT2D eigenvalue weighted by atomic mass is 19.1. The van der Waals surface area contributed by atoms with Gasteiger partial charge in [-0.2, -0.15) is 5.10 Å². The van der Waals surface area contributed by atoms with Crippen molar-refractivity contribution in [2.24, 2.45) is 0 Å². The number of benzene rings is 2. The summed E-state index contributed by atoms with van der Waals surface area (Å²) in [4.78, 5) is 30.5. The molecule has 0 atom stereocenters. The van der Waals surface area contributed by atoms with Crippen molar-refractivity contribution in [1.82, 2.24) is 19.7 Å². The number of ether oxygens (including phenoxy) is 1. The topological polar surface area (TPSA) is 80.2 Å². The molecule has 0 saturated carbocycles. The first-order chi connectivity index (χ1) is 16.4. The molecule has 0 aliphatic carbocycles. The number of fused-ring (bicyclic) bond motifs is 4. The van der Waals surface area contributed by atoms with Gasteiger partial charge in [-0.1, -0.05) is 0 Å². The van der Waals surface area contributed by atoms with Crippen molar-refractivity contribution in [2.75, 3.05) is 13.2 Å². The SMILES string of the molecule is Cc1cc2c(cc1C(=O)N1Cc3c(F)ccc(F)c3C1)[nH]c(=O)c1cnn(C3CCOCC3)c12. The van der Waals surface area contributed by atoms with Crippen molar-refractivity contribution >= 4 is 27.7 Å². The third kappa shape index (κ3) is 3.14. The number of nitrogens with zero attached hydrogens (tertiary/aromatic N) is 3. The normalized spacial score (nSPS) is 16.5. The number of aromatic nitrogens is 3. The number of aromatic amines is 1. The predicted octanol–water partition coefficient (Wildman–Crippen LogP) is 3.97. The first kappa shape index (κ1) is 21.0. The van der Waals surface area contributed by atoms with Crippen molar-refractivity contribution in [3.63, 3.8) is 0 Å². The standard InChI is InChI=1S/C25H22F2N4O3/c1-13-8-16-22(29-24(32)17-10-28-31(23(16)17)14-4-6-34-7-5-14)9-15(13)25(33)30-11-18-19(12-30)21(27)3-2-20(18)26/h2-3,8-10,14H,4-7,11-12H2,1H3,(H,29,32). The van der Waals surface area contributed by atoms with Gasteiger partial charge in [0, 0.05) is 48.4 Å². The molecule has 34 heavy (non-hydrogen) atoms. The number of aryl methyl sites for hydroxylation is 1. The summed E-state index contributed by atoms with van der Waals surface area (Å²) in [6.45, 7) is 3.11. The zero-order valence-electron chi connectivity index (χ0n) is 18.5. The number of hydrogen-bond donors (Lipinski definition) is 1. The van der Waals surface area contributed by atoms with Crippen LogP contribution in [0.3, 0.4) is 0 Å². The van der Waals surface area contributed by atoms with Crippen molar-refractivity contribution in [2.45, 2.75) is 38.9 Å². The summed E-state index contributed by atoms with van der Waals surface area (Å²) in [6.07, 6.45) is 3.20. The van der Waals surface area contributed by atoms with Gasteiger partial charge in [-0.15, -0.1) is 0 Å². The molecule has 4 aromatic rings. The Balaban J connectivity index is 1.44. The Labute approximate surface area is 192 Å². The van der Waals surface area contributed by atoms with Crippen LogP contribution in [0.1, 0.15) is 45.9 Å². The minimum Gasteiger partial charge on any atom is -0.381 e. The molecule has 0 spiro atoms. The Bertz CT molecular complexity index is 1500. The van der Waals surface area contributed by atoms with Gasteiger partial charge in [-0.25, -0.2) is 8.78 Å². The molecule has 0 unspecified atom stereocenters. The van der Waals surface area contributed by atoms with Crippen LogP contribution in [-0.4, -0.2) is 38.8 Å². The summed E-state index contributed by atoms with van der Waals surface area (Å²) in [5.74, 6) is -1.38. The van der Waals surface area contributed by atoms with E-state index in [1.807, 2.05) is 17.7 Å². The van der Waals surface area contributed by atoms with Gasteiger partial charge in [0.05, 0.1) is 28.7 Å². The molecule has 4 heterocycles. The number of halogens is 2. The Morgan fingerprint density at radius 1 is 1.09 bits per heavy atom. The molecule has 1 N–H and O–H groups in total. The van der Waals surface area contributed by atoms with Crippen molar-refractivity contribution in [3.8, 4) is 0 Å². The van der Waals surface area contributed by atoms with Crippen LogP contribution in [0.25, 0.3) is 21.8 Å². The molecule has 2 aromatic heterocycles. The molecule has 7 nitrogen and oxygen atoms in total. The first-order valence-electron chi connectivity index (χ1n) is 11.3. The molecule has 1 fully saturated rings. The van der Waals surface area contributed by atoms with Gasteiger partial charge >= 0.3 is 0 Å². The summed E-state index contributed by atoms with van der Waals surface area (Å²) in [7, 11) is 0. The third-order valence-electron chi connectivity index (χ3n) is 6.98. The fourth-order valence-electron chi connectivity index (χ4n) is 5.16. The third-order valence-corrected chi connectivity index (χ3v) is 6.98. The minimum atomic E-state index is -0.518. The Morgan fingerprint density at radius 3 is 2.44 bits per heavy atom. The molecular weight excluding hydrogens is 442 g/mol. The van der Waals surface area contributed by atoms with E-state index < -0.39 is 11.6 Å². The molecule has 0 bridgehead atoms. The monoisotopic (exact) mass is 464 g/mol. The van der Waals surface area contributed by atoms with Crippen LogP contribution < -0.4 is 5.56 Å². The molecule has 0 radical (unpaired) electrons. The van der Waals surface area contributed by atoms with Gasteiger partial charge in [0.1, 0.15) is 11.6 Å². The van der Waals surface area contributed by atoms with Crippen molar-refractivity contribution in [1.29, 1.82) is 0 Å². The van der Waals surface area contributed by atoms with E-state index in [9.17, 15) is 18.4 Å². The number of rotatable bonds is 2. The number of pyridine rings is 1. The second-order valence-electron chi connectivity index (χ2n) is 9.01. The highest BCUT2D eigenvalue weighted by Gasteiger charge is 2.30. The molecule has 9 heteroatoms. The predicted molar refractivity (Wildman–Crippen MR) is 122 cm³/mol. The summed E-state index contributed by atoms with van der Waals surface area (Å²) in [5, 5.41) is 5.81. The van der Waals surface area contributed by atoms with Crippen LogP contribution in [0, 0.1) is 18.6 Å². The van der Waals surface area contributed by atoms with Gasteiger partial charge in [-0.05, 0) is 49.6 Å². The second-order valence-corrected chi connectivity index (χ2v) is 9.01. The Morgan fingerprint density at radius 2 is 1.76 bits per heavy atom. The van der Waals surface area contributed by atoms with E-state index in [2.05, 4.69) is 10.1 Å². The number of carbonyl (C=O) groups is 1. The van der Waals surface area contributed by atoms with Crippen molar-refractivity contribution in [3.05, 3.63) is 74.7 Å². The lowest BCUT2D eigenvalue weighted by Gasteiger charge is -2.23. The fourth-order valence-corrected chi connectivity index (χ4v) is 5.16. The van der Waals surface area contributed by atoms with Crippen LogP contribution in [0.15, 0.2) is 35.3 Å². The minimum absolute atomic E-state index is 0.00130. The van der Waals surface area contributed by atoms with Gasteiger partial charge < -0.3 is 14.6 Å². The molecule has 1 amide bonds. The Hall–Kier alpha value is -3.59. The van der Waals surface area contributed by atoms with E-state index in [-0.39, 0.29) is 41.7 Å². The highest BCUT2D eigenvalue weighted by molar-refractivity contribution is 6.07. The van der Waals surface area contributed by atoms with E-state index in [1.165, 1.54) is 4.90 Å². The van der Waals surface area contributed by atoms with E-state index >= 15 is 0 Å². The van der Waals surface area contributed by atoms with Gasteiger partial charge in [-0.3, -0.25) is 14.3 Å². The average molecular weight is 464 g/mol. The smallest absolute Gasteiger partial charge is 0.259 e. The zero-order chi connectivity index (χ0) is 23.6. The van der Waals surface area contributed by atoms with Crippen LogP contribution in [0.5, 0.6) is 0 Å². The maximum Gasteiger partial charge on any atom is 0.259 e. The largest absolute Gasteiger partial charge is 0.381 e. The quantitative estimate of drug-likeness (QED) is 0.487. The van der Waals surface area contributed by atoms with Crippen LogP contribution in [0.2, 0.25) is 0 Å². The molecule has 2 aromatic carbocycles. The number of hydrogen-bond acceptors (Lipinski definition) is 4. The van der Waals surface area contributed by atoms with E-state index in [0.717, 1.165) is 35.9 Å². The molecular formula is C25H22F2N4O3. The lowest BCUT2D eigenvalue weighted by molar-refractivity contribution is 0.0675. The van der Waals surface area contributed by atoms with Gasteiger partial charge in [0.15, 0.2) is 0 Å².